The van der Waals surface area contributed by atoms with E-state index in [4.69, 9.17) is 5.73 Å². The van der Waals surface area contributed by atoms with Crippen LogP contribution in [0.3, 0.4) is 0 Å². The van der Waals surface area contributed by atoms with Gasteiger partial charge in [-0.2, -0.15) is 0 Å². The zero-order chi connectivity index (χ0) is 15.3. The molecule has 2 atom stereocenters. The molecule has 0 saturated carbocycles. The lowest BCUT2D eigenvalue weighted by molar-refractivity contribution is -0.134. The number of carbonyl (C=O) groups excluding carboxylic acids is 1. The number of halogens is 1. The van der Waals surface area contributed by atoms with Gasteiger partial charge in [0, 0.05) is 6.54 Å². The van der Waals surface area contributed by atoms with Gasteiger partial charge in [0.1, 0.15) is 5.82 Å². The summed E-state index contributed by atoms with van der Waals surface area (Å²) in [5.74, 6) is -0.273. The third-order valence-electron chi connectivity index (χ3n) is 2.93. The van der Waals surface area contributed by atoms with E-state index in [0.29, 0.717) is 12.1 Å². The van der Waals surface area contributed by atoms with Crippen molar-refractivity contribution in [1.29, 1.82) is 0 Å². The highest BCUT2D eigenvalue weighted by Gasteiger charge is 2.22. The van der Waals surface area contributed by atoms with Gasteiger partial charge in [0.05, 0.1) is 18.7 Å². The van der Waals surface area contributed by atoms with Crippen molar-refractivity contribution in [2.24, 2.45) is 11.7 Å². The second-order valence-electron chi connectivity index (χ2n) is 5.49. The Morgan fingerprint density at radius 2 is 1.80 bits per heavy atom. The SMILES string of the molecule is CC(C)CN(CC(O)c1ccc(F)cc1)C(=O)C(C)N. The Morgan fingerprint density at radius 3 is 2.25 bits per heavy atom. The van der Waals surface area contributed by atoms with E-state index >= 15 is 0 Å². The molecule has 0 aliphatic rings. The number of hydrogen-bond acceptors (Lipinski definition) is 3. The van der Waals surface area contributed by atoms with Gasteiger partial charge in [0.15, 0.2) is 0 Å². The normalized spacial score (nSPS) is 14.2. The highest BCUT2D eigenvalue weighted by Crippen LogP contribution is 2.16. The van der Waals surface area contributed by atoms with Gasteiger partial charge in [-0.3, -0.25) is 4.79 Å². The summed E-state index contributed by atoms with van der Waals surface area (Å²) in [6.07, 6.45) is -0.850. The molecule has 3 N–H and O–H groups in total. The molecule has 0 fully saturated rings. The predicted molar refractivity (Wildman–Crippen MR) is 76.4 cm³/mol. The summed E-state index contributed by atoms with van der Waals surface area (Å²) in [6.45, 7) is 6.29. The minimum Gasteiger partial charge on any atom is -0.387 e. The van der Waals surface area contributed by atoms with Crippen LogP contribution in [0.15, 0.2) is 24.3 Å². The maximum absolute atomic E-state index is 12.9. The van der Waals surface area contributed by atoms with Gasteiger partial charge in [0.2, 0.25) is 5.91 Å². The van der Waals surface area contributed by atoms with Crippen molar-refractivity contribution in [3.63, 3.8) is 0 Å². The van der Waals surface area contributed by atoms with E-state index < -0.39 is 12.1 Å². The standard InChI is InChI=1S/C15H23FN2O2/c1-10(2)8-18(15(20)11(3)17)9-14(19)12-4-6-13(16)7-5-12/h4-7,10-11,14,19H,8-9,17H2,1-3H3. The Balaban J connectivity index is 2.78. The van der Waals surface area contributed by atoms with Crippen molar-refractivity contribution in [3.8, 4) is 0 Å². The molecule has 2 unspecified atom stereocenters. The topological polar surface area (TPSA) is 66.6 Å². The van der Waals surface area contributed by atoms with Crippen molar-refractivity contribution < 1.29 is 14.3 Å². The van der Waals surface area contributed by atoms with E-state index in [0.717, 1.165) is 0 Å². The molecule has 0 radical (unpaired) electrons. The van der Waals surface area contributed by atoms with Gasteiger partial charge in [-0.15, -0.1) is 0 Å². The number of rotatable bonds is 6. The number of aliphatic hydroxyl groups excluding tert-OH is 1. The van der Waals surface area contributed by atoms with Crippen LogP contribution < -0.4 is 5.73 Å². The molecule has 5 heteroatoms. The number of aliphatic hydroxyl groups is 1. The molecule has 1 aromatic rings. The largest absolute Gasteiger partial charge is 0.387 e. The summed E-state index contributed by atoms with van der Waals surface area (Å²) >= 11 is 0. The first kappa shape index (κ1) is 16.6. The van der Waals surface area contributed by atoms with E-state index in [-0.39, 0.29) is 24.2 Å². The van der Waals surface area contributed by atoms with Gasteiger partial charge in [-0.25, -0.2) is 4.39 Å². The summed E-state index contributed by atoms with van der Waals surface area (Å²) in [5.41, 5.74) is 6.21. The summed E-state index contributed by atoms with van der Waals surface area (Å²) < 4.78 is 12.9. The molecule has 0 bridgehead atoms. The number of nitrogens with zero attached hydrogens (tertiary/aromatic N) is 1. The lowest BCUT2D eigenvalue weighted by atomic mass is 10.1. The average Bonchev–Trinajstić information content (AvgIpc) is 2.37. The second kappa shape index (κ2) is 7.36. The fraction of sp³-hybridized carbons (Fsp3) is 0.533. The molecule has 0 aliphatic heterocycles. The molecule has 0 spiro atoms. The molecule has 0 aromatic heterocycles. The Bertz CT molecular complexity index is 432. The van der Waals surface area contributed by atoms with Crippen molar-refractivity contribution >= 4 is 5.91 Å². The fourth-order valence-corrected chi connectivity index (χ4v) is 1.98. The molecule has 4 nitrogen and oxygen atoms in total. The van der Waals surface area contributed by atoms with Gasteiger partial charge in [0.25, 0.3) is 0 Å². The van der Waals surface area contributed by atoms with Crippen molar-refractivity contribution in [2.75, 3.05) is 13.1 Å². The zero-order valence-electron chi connectivity index (χ0n) is 12.2. The predicted octanol–water partition coefficient (Wildman–Crippen LogP) is 1.69. The molecule has 0 saturated heterocycles. The fourth-order valence-electron chi connectivity index (χ4n) is 1.98. The monoisotopic (exact) mass is 282 g/mol. The van der Waals surface area contributed by atoms with Crippen LogP contribution in [0.25, 0.3) is 0 Å². The van der Waals surface area contributed by atoms with Gasteiger partial charge < -0.3 is 15.7 Å². The third-order valence-corrected chi connectivity index (χ3v) is 2.93. The van der Waals surface area contributed by atoms with Crippen LogP contribution in [-0.4, -0.2) is 35.0 Å². The van der Waals surface area contributed by atoms with Crippen LogP contribution in [-0.2, 0) is 4.79 Å². The number of carbonyl (C=O) groups is 1. The first-order valence-corrected chi connectivity index (χ1v) is 6.79. The second-order valence-corrected chi connectivity index (χ2v) is 5.49. The molecule has 20 heavy (non-hydrogen) atoms. The van der Waals surface area contributed by atoms with Gasteiger partial charge in [-0.05, 0) is 30.5 Å². The summed E-state index contributed by atoms with van der Waals surface area (Å²) in [6, 6.07) is 5.01. The molecule has 1 amide bonds. The Labute approximate surface area is 119 Å². The lowest BCUT2D eigenvalue weighted by Gasteiger charge is -2.28. The van der Waals surface area contributed by atoms with Crippen LogP contribution >= 0.6 is 0 Å². The maximum atomic E-state index is 12.9. The Morgan fingerprint density at radius 1 is 1.25 bits per heavy atom. The van der Waals surface area contributed by atoms with E-state index in [1.807, 2.05) is 13.8 Å². The molecule has 1 rings (SSSR count). The van der Waals surface area contributed by atoms with Gasteiger partial charge >= 0.3 is 0 Å². The Kier molecular flexibility index (Phi) is 6.10. The van der Waals surface area contributed by atoms with Crippen LogP contribution in [0.5, 0.6) is 0 Å². The van der Waals surface area contributed by atoms with Crippen molar-refractivity contribution in [3.05, 3.63) is 35.6 Å². The third kappa shape index (κ3) is 4.90. The minimum absolute atomic E-state index is 0.157. The highest BCUT2D eigenvalue weighted by atomic mass is 19.1. The van der Waals surface area contributed by atoms with E-state index in [2.05, 4.69) is 0 Å². The molecule has 0 aliphatic carbocycles. The summed E-state index contributed by atoms with van der Waals surface area (Å²) in [4.78, 5) is 13.6. The number of amides is 1. The highest BCUT2D eigenvalue weighted by molar-refractivity contribution is 5.81. The molecular formula is C15H23FN2O2. The smallest absolute Gasteiger partial charge is 0.239 e. The lowest BCUT2D eigenvalue weighted by Crippen LogP contribution is -2.45. The first-order chi connectivity index (χ1) is 9.31. The minimum atomic E-state index is -0.850. The number of benzene rings is 1. The molecule has 1 aromatic carbocycles. The Hall–Kier alpha value is -1.46. The first-order valence-electron chi connectivity index (χ1n) is 6.79. The maximum Gasteiger partial charge on any atom is 0.239 e. The number of hydrogen-bond donors (Lipinski definition) is 2. The molecular weight excluding hydrogens is 259 g/mol. The van der Waals surface area contributed by atoms with Gasteiger partial charge in [-0.1, -0.05) is 26.0 Å². The quantitative estimate of drug-likeness (QED) is 0.834. The average molecular weight is 282 g/mol. The molecule has 0 heterocycles. The van der Waals surface area contributed by atoms with Crippen LogP contribution in [0.1, 0.15) is 32.4 Å². The van der Waals surface area contributed by atoms with Crippen LogP contribution in [0.2, 0.25) is 0 Å². The van der Waals surface area contributed by atoms with Crippen LogP contribution in [0, 0.1) is 11.7 Å². The van der Waals surface area contributed by atoms with Crippen molar-refractivity contribution in [2.45, 2.75) is 32.9 Å². The number of nitrogens with two attached hydrogens (primary N) is 1. The summed E-state index contributed by atoms with van der Waals surface area (Å²) in [5, 5.41) is 10.2. The van der Waals surface area contributed by atoms with E-state index in [1.54, 1.807) is 11.8 Å². The zero-order valence-corrected chi connectivity index (χ0v) is 12.2. The van der Waals surface area contributed by atoms with E-state index in [9.17, 15) is 14.3 Å². The van der Waals surface area contributed by atoms with Crippen molar-refractivity contribution in [1.82, 2.24) is 4.90 Å². The molecule has 112 valence electrons. The summed E-state index contributed by atoms with van der Waals surface area (Å²) in [7, 11) is 0. The van der Waals surface area contributed by atoms with E-state index in [1.165, 1.54) is 24.3 Å². The van der Waals surface area contributed by atoms with Crippen LogP contribution in [0.4, 0.5) is 4.39 Å².